The molecule has 0 aromatic heterocycles. The van der Waals surface area contributed by atoms with E-state index < -0.39 is 32.6 Å². The van der Waals surface area contributed by atoms with Gasteiger partial charge >= 0.3 is 0 Å². The number of benzene rings is 8. The second-order valence-corrected chi connectivity index (χ2v) is 19.7. The summed E-state index contributed by atoms with van der Waals surface area (Å²) in [5.74, 6) is 0. The summed E-state index contributed by atoms with van der Waals surface area (Å²) in [4.78, 5) is 40.4. The fourth-order valence-electron chi connectivity index (χ4n) is 5.43. The molecule has 0 aliphatic rings. The van der Waals surface area contributed by atoms with E-state index in [9.17, 15) is 19.6 Å². The molecule has 0 amide bonds. The van der Waals surface area contributed by atoms with Gasteiger partial charge in [0.1, 0.15) is 42.4 Å². The molecule has 4 N–H and O–H groups in total. The van der Waals surface area contributed by atoms with Gasteiger partial charge in [-0.3, -0.25) is 0 Å². The van der Waals surface area contributed by atoms with Crippen LogP contribution in [0.5, 0.6) is 0 Å². The molecule has 0 spiro atoms. The minimum atomic E-state index is -1.54. The van der Waals surface area contributed by atoms with Gasteiger partial charge in [-0.05, 0) is 97.1 Å². The molecule has 0 unspecified atom stereocenters. The van der Waals surface area contributed by atoms with Crippen LogP contribution in [-0.2, 0) is 40.8 Å². The molecule has 0 atom stereocenters. The van der Waals surface area contributed by atoms with Gasteiger partial charge in [0, 0.05) is 40.8 Å². The second-order valence-electron chi connectivity index (χ2n) is 12.3. The molecule has 0 aliphatic heterocycles. The van der Waals surface area contributed by atoms with Gasteiger partial charge in [0.15, 0.2) is 32.6 Å². The maximum atomic E-state index is 10.1. The first-order chi connectivity index (χ1) is 27.5. The van der Waals surface area contributed by atoms with Crippen molar-refractivity contribution in [2.45, 2.75) is 0 Å². The molecule has 4 nitrogen and oxygen atoms in total. The molecule has 8 aromatic rings. The van der Waals surface area contributed by atoms with E-state index in [2.05, 4.69) is 0 Å². The van der Waals surface area contributed by atoms with E-state index in [1.807, 2.05) is 243 Å². The molecule has 316 valence electrons. The monoisotopic (exact) mass is 1100 g/mol. The van der Waals surface area contributed by atoms with Crippen molar-refractivity contribution in [3.8, 4) is 0 Å². The van der Waals surface area contributed by atoms with Crippen LogP contribution in [0.4, 0.5) is 0 Å². The second kappa shape index (κ2) is 32.0. The number of hydrogen-bond acceptors (Lipinski definition) is 4. The predicted molar refractivity (Wildman–Crippen MR) is 265 cm³/mol. The van der Waals surface area contributed by atoms with Gasteiger partial charge < -0.3 is 0 Å². The topological polar surface area (TPSA) is 80.9 Å². The summed E-state index contributed by atoms with van der Waals surface area (Å²) in [6.07, 6.45) is 0. The average molecular weight is 1100 g/mol. The number of rotatable bonds is 8. The maximum Gasteiger partial charge on any atom is 0.194 e. The van der Waals surface area contributed by atoms with Crippen LogP contribution >= 0.6 is 57.4 Å². The normalized spacial score (nSPS) is 9.73. The predicted octanol–water partition coefficient (Wildman–Crippen LogP) is 7.87. The van der Waals surface area contributed by atoms with Crippen molar-refractivity contribution in [1.82, 2.24) is 0 Å². The first-order valence-electron chi connectivity index (χ1n) is 18.2. The van der Waals surface area contributed by atoms with Crippen LogP contribution in [0, 0.1) is 0 Å². The standard InChI is InChI=1S/4C12H11OP.2ClH.2Pd/c4*13-14(11-7-3-1-4-8-11)12-9-5-2-6-10-12;;;;/h4*1-10,13H;2*1H;;/p+4. The van der Waals surface area contributed by atoms with Crippen LogP contribution in [-0.4, -0.2) is 19.6 Å². The average Bonchev–Trinajstić information content (AvgIpc) is 3.31. The van der Waals surface area contributed by atoms with Crippen molar-refractivity contribution in [2.75, 3.05) is 0 Å². The molecule has 0 saturated carbocycles. The smallest absolute Gasteiger partial charge is 0.194 e. The van der Waals surface area contributed by atoms with Crippen LogP contribution in [0.15, 0.2) is 243 Å². The molecule has 12 heteroatoms. The van der Waals surface area contributed by atoms with Crippen molar-refractivity contribution in [3.63, 3.8) is 0 Å². The van der Waals surface area contributed by atoms with E-state index in [0.717, 1.165) is 42.4 Å². The summed E-state index contributed by atoms with van der Waals surface area (Å²) >= 11 is 0. The minimum absolute atomic E-state index is 0. The molecule has 0 radical (unpaired) electrons. The zero-order valence-electron chi connectivity index (χ0n) is 32.3. The van der Waals surface area contributed by atoms with Gasteiger partial charge in [0.2, 0.25) is 0 Å². The molecule has 60 heavy (non-hydrogen) atoms. The molecule has 8 aromatic carbocycles. The number of hydrogen-bond donors (Lipinski definition) is 4. The van der Waals surface area contributed by atoms with Crippen molar-refractivity contribution >= 4 is 99.8 Å². The van der Waals surface area contributed by atoms with Crippen LogP contribution < -0.4 is 42.4 Å². The summed E-state index contributed by atoms with van der Waals surface area (Å²) < 4.78 is 0. The molecule has 0 heterocycles. The van der Waals surface area contributed by atoms with Gasteiger partial charge in [0.05, 0.1) is 0 Å². The third kappa shape index (κ3) is 18.7. The van der Waals surface area contributed by atoms with Crippen LogP contribution in [0.25, 0.3) is 0 Å². The first-order valence-corrected chi connectivity index (χ1v) is 24.0. The van der Waals surface area contributed by atoms with E-state index >= 15 is 0 Å². The van der Waals surface area contributed by atoms with E-state index in [-0.39, 0.29) is 65.7 Å². The Bertz CT molecular complexity index is 1730. The Morgan fingerprint density at radius 2 is 0.267 bits per heavy atom. The summed E-state index contributed by atoms with van der Waals surface area (Å²) in [6, 6.07) is 78.6. The molecular weight excluding hydrogens is 1050 g/mol. The third-order valence-corrected chi connectivity index (χ3v) is 15.4. The van der Waals surface area contributed by atoms with Crippen molar-refractivity contribution in [2.24, 2.45) is 0 Å². The molecule has 0 aliphatic carbocycles. The fourth-order valence-corrected chi connectivity index (χ4v) is 10.8. The zero-order chi connectivity index (χ0) is 39.2. The Kier molecular flexibility index (Phi) is 29.4. The zero-order valence-corrected chi connectivity index (χ0v) is 41.1. The van der Waals surface area contributed by atoms with Gasteiger partial charge in [-0.1, -0.05) is 146 Å². The Labute approximate surface area is 399 Å². The van der Waals surface area contributed by atoms with Crippen LogP contribution in [0.2, 0.25) is 0 Å². The van der Waals surface area contributed by atoms with Gasteiger partial charge in [-0.25, -0.2) is 19.6 Å². The summed E-state index contributed by atoms with van der Waals surface area (Å²) in [6.45, 7) is 0. The Morgan fingerprint density at radius 1 is 0.183 bits per heavy atom. The van der Waals surface area contributed by atoms with Crippen molar-refractivity contribution in [1.29, 1.82) is 0 Å². The fraction of sp³-hybridized carbons (Fsp3) is 0. The SMILES string of the molecule is Cl.Cl.O[PH+](c1ccccc1)c1ccccc1.O[PH+](c1ccccc1)c1ccccc1.O[PH+](c1ccccc1)c1ccccc1.O[PH+](c1ccccc1)c1ccccc1.[Pd].[Pd]. The van der Waals surface area contributed by atoms with E-state index in [1.165, 1.54) is 0 Å². The van der Waals surface area contributed by atoms with Gasteiger partial charge in [0.25, 0.3) is 0 Å². The van der Waals surface area contributed by atoms with E-state index in [4.69, 9.17) is 0 Å². The van der Waals surface area contributed by atoms with Gasteiger partial charge in [-0.15, -0.1) is 24.8 Å². The Morgan fingerprint density at radius 3 is 0.350 bits per heavy atom. The van der Waals surface area contributed by atoms with Gasteiger partial charge in [-0.2, -0.15) is 0 Å². The molecule has 8 rings (SSSR count). The summed E-state index contributed by atoms with van der Waals surface area (Å²) in [7, 11) is -6.18. The largest absolute Gasteiger partial charge is 0.243 e. The quantitative estimate of drug-likeness (QED) is 0.0924. The molecule has 0 fully saturated rings. The first kappa shape index (κ1) is 55.2. The molecule has 0 saturated heterocycles. The summed E-state index contributed by atoms with van der Waals surface area (Å²) in [5, 5.41) is 8.25. The van der Waals surface area contributed by atoms with Crippen LogP contribution in [0.3, 0.4) is 0 Å². The number of halogens is 2. The van der Waals surface area contributed by atoms with Crippen molar-refractivity contribution < 1.29 is 60.4 Å². The van der Waals surface area contributed by atoms with E-state index in [0.29, 0.717) is 0 Å². The molecule has 0 bridgehead atoms. The Balaban J connectivity index is 0.000000391. The maximum absolute atomic E-state index is 10.1. The van der Waals surface area contributed by atoms with Crippen molar-refractivity contribution in [3.05, 3.63) is 243 Å². The van der Waals surface area contributed by atoms with Crippen LogP contribution in [0.1, 0.15) is 0 Å². The Hall–Kier alpha value is -2.78. The minimum Gasteiger partial charge on any atom is -0.243 e. The molecular formula is C48H50Cl2O4P4Pd2+4. The van der Waals surface area contributed by atoms with E-state index in [1.54, 1.807) is 0 Å². The summed E-state index contributed by atoms with van der Waals surface area (Å²) in [5.41, 5.74) is 0. The third-order valence-electron chi connectivity index (χ3n) is 8.38.